The van der Waals surface area contributed by atoms with Crippen LogP contribution in [0.1, 0.15) is 18.4 Å². The standard InChI is InChI=1S/C21H19NO2/c23-20(15-24-17-9-2-1-3-10-17)22-21(13-14-21)19-12-6-8-16-7-4-5-11-18(16)19/h1-12H,13-15H2,(H,22,23). The van der Waals surface area contributed by atoms with Crippen molar-refractivity contribution >= 4 is 16.7 Å². The highest BCUT2D eigenvalue weighted by Crippen LogP contribution is 2.47. The van der Waals surface area contributed by atoms with Gasteiger partial charge in [0, 0.05) is 0 Å². The molecule has 0 unspecified atom stereocenters. The predicted molar refractivity (Wildman–Crippen MR) is 94.9 cm³/mol. The van der Waals surface area contributed by atoms with Crippen LogP contribution in [0, 0.1) is 0 Å². The summed E-state index contributed by atoms with van der Waals surface area (Å²) in [6, 6.07) is 24.0. The maximum Gasteiger partial charge on any atom is 0.258 e. The van der Waals surface area contributed by atoms with Crippen LogP contribution in [0.5, 0.6) is 5.75 Å². The fourth-order valence-electron chi connectivity index (χ4n) is 3.20. The van der Waals surface area contributed by atoms with Gasteiger partial charge in [-0.1, -0.05) is 60.7 Å². The lowest BCUT2D eigenvalue weighted by Gasteiger charge is -2.20. The first-order valence-electron chi connectivity index (χ1n) is 8.24. The Morgan fingerprint density at radius 1 is 0.917 bits per heavy atom. The minimum Gasteiger partial charge on any atom is -0.484 e. The van der Waals surface area contributed by atoms with E-state index in [9.17, 15) is 4.79 Å². The van der Waals surface area contributed by atoms with Crippen molar-refractivity contribution in [3.05, 3.63) is 78.4 Å². The van der Waals surface area contributed by atoms with E-state index < -0.39 is 0 Å². The van der Waals surface area contributed by atoms with Gasteiger partial charge in [0.15, 0.2) is 6.61 Å². The predicted octanol–water partition coefficient (Wildman–Crippen LogP) is 4.02. The molecule has 1 aliphatic rings. The quantitative estimate of drug-likeness (QED) is 0.772. The second kappa shape index (κ2) is 6.00. The Kier molecular flexibility index (Phi) is 3.69. The molecule has 0 radical (unpaired) electrons. The van der Waals surface area contributed by atoms with Crippen molar-refractivity contribution in [3.63, 3.8) is 0 Å². The van der Waals surface area contributed by atoms with E-state index >= 15 is 0 Å². The number of carbonyl (C=O) groups excluding carboxylic acids is 1. The molecule has 0 bridgehead atoms. The Morgan fingerprint density at radius 3 is 2.42 bits per heavy atom. The van der Waals surface area contributed by atoms with Gasteiger partial charge in [-0.05, 0) is 41.3 Å². The molecule has 0 aromatic heterocycles. The summed E-state index contributed by atoms with van der Waals surface area (Å²) in [6.45, 7) is 0.0382. The average Bonchev–Trinajstić information content (AvgIpc) is 3.41. The van der Waals surface area contributed by atoms with Gasteiger partial charge in [0.05, 0.1) is 5.54 Å². The molecule has 3 heteroatoms. The Hall–Kier alpha value is -2.81. The normalized spacial score (nSPS) is 15.0. The van der Waals surface area contributed by atoms with Crippen molar-refractivity contribution in [2.75, 3.05) is 6.61 Å². The fourth-order valence-corrected chi connectivity index (χ4v) is 3.20. The number of fused-ring (bicyclic) bond motifs is 1. The zero-order valence-electron chi connectivity index (χ0n) is 13.4. The van der Waals surface area contributed by atoms with E-state index in [0.29, 0.717) is 5.75 Å². The molecule has 1 fully saturated rings. The van der Waals surface area contributed by atoms with Crippen molar-refractivity contribution in [2.24, 2.45) is 0 Å². The molecule has 1 aliphatic carbocycles. The fraction of sp³-hybridized carbons (Fsp3) is 0.190. The largest absolute Gasteiger partial charge is 0.484 e. The number of hydrogen-bond acceptors (Lipinski definition) is 2. The molecular formula is C21H19NO2. The Morgan fingerprint density at radius 2 is 1.62 bits per heavy atom. The van der Waals surface area contributed by atoms with Gasteiger partial charge in [-0.25, -0.2) is 0 Å². The topological polar surface area (TPSA) is 38.3 Å². The van der Waals surface area contributed by atoms with Crippen LogP contribution in [0.25, 0.3) is 10.8 Å². The van der Waals surface area contributed by atoms with Crippen molar-refractivity contribution in [3.8, 4) is 5.75 Å². The zero-order chi connectivity index (χ0) is 16.4. The third-order valence-electron chi connectivity index (χ3n) is 4.55. The van der Waals surface area contributed by atoms with Crippen LogP contribution < -0.4 is 10.1 Å². The Labute approximate surface area is 141 Å². The van der Waals surface area contributed by atoms with Gasteiger partial charge in [0.1, 0.15) is 5.75 Å². The smallest absolute Gasteiger partial charge is 0.258 e. The molecule has 4 rings (SSSR count). The first-order chi connectivity index (χ1) is 11.8. The Bertz CT molecular complexity index is 864. The summed E-state index contributed by atoms with van der Waals surface area (Å²) in [4.78, 5) is 12.3. The first kappa shape index (κ1) is 14.8. The molecule has 3 aromatic carbocycles. The van der Waals surface area contributed by atoms with E-state index in [4.69, 9.17) is 4.74 Å². The lowest BCUT2D eigenvalue weighted by atomic mass is 9.97. The van der Waals surface area contributed by atoms with E-state index in [1.165, 1.54) is 16.3 Å². The third kappa shape index (κ3) is 2.85. The van der Waals surface area contributed by atoms with E-state index in [1.807, 2.05) is 42.5 Å². The number of amides is 1. The molecule has 1 N–H and O–H groups in total. The first-order valence-corrected chi connectivity index (χ1v) is 8.24. The van der Waals surface area contributed by atoms with Crippen LogP contribution in [-0.4, -0.2) is 12.5 Å². The second-order valence-electron chi connectivity index (χ2n) is 6.26. The molecule has 1 amide bonds. The number of para-hydroxylation sites is 1. The van der Waals surface area contributed by atoms with Gasteiger partial charge in [0.2, 0.25) is 0 Å². The minimum atomic E-state index is -0.238. The van der Waals surface area contributed by atoms with Gasteiger partial charge in [-0.15, -0.1) is 0 Å². The second-order valence-corrected chi connectivity index (χ2v) is 6.26. The van der Waals surface area contributed by atoms with Gasteiger partial charge < -0.3 is 10.1 Å². The number of ether oxygens (including phenoxy) is 1. The molecule has 3 nitrogen and oxygen atoms in total. The average molecular weight is 317 g/mol. The number of rotatable bonds is 5. The van der Waals surface area contributed by atoms with Gasteiger partial charge >= 0.3 is 0 Å². The highest BCUT2D eigenvalue weighted by Gasteiger charge is 2.46. The van der Waals surface area contributed by atoms with Crippen LogP contribution >= 0.6 is 0 Å². The molecule has 3 aromatic rings. The molecule has 0 saturated heterocycles. The van der Waals surface area contributed by atoms with E-state index in [0.717, 1.165) is 12.8 Å². The summed E-state index contributed by atoms with van der Waals surface area (Å²) < 4.78 is 5.55. The van der Waals surface area contributed by atoms with Crippen LogP contribution in [0.3, 0.4) is 0 Å². The van der Waals surface area contributed by atoms with Gasteiger partial charge in [-0.3, -0.25) is 4.79 Å². The highest BCUT2D eigenvalue weighted by molar-refractivity contribution is 5.88. The molecular weight excluding hydrogens is 298 g/mol. The van der Waals surface area contributed by atoms with Crippen molar-refractivity contribution in [1.82, 2.24) is 5.32 Å². The van der Waals surface area contributed by atoms with Crippen LogP contribution in [0.4, 0.5) is 0 Å². The molecule has 24 heavy (non-hydrogen) atoms. The van der Waals surface area contributed by atoms with E-state index in [2.05, 4.69) is 35.6 Å². The molecule has 120 valence electrons. The minimum absolute atomic E-state index is 0.0382. The lowest BCUT2D eigenvalue weighted by Crippen LogP contribution is -2.38. The van der Waals surface area contributed by atoms with E-state index in [1.54, 1.807) is 0 Å². The molecule has 0 aliphatic heterocycles. The van der Waals surface area contributed by atoms with Crippen LogP contribution in [-0.2, 0) is 10.3 Å². The number of carbonyl (C=O) groups is 1. The van der Waals surface area contributed by atoms with Crippen molar-refractivity contribution < 1.29 is 9.53 Å². The van der Waals surface area contributed by atoms with Crippen LogP contribution in [0.2, 0.25) is 0 Å². The molecule has 1 saturated carbocycles. The summed E-state index contributed by atoms with van der Waals surface area (Å²) in [7, 11) is 0. The summed E-state index contributed by atoms with van der Waals surface area (Å²) in [5.74, 6) is 0.631. The monoisotopic (exact) mass is 317 g/mol. The summed E-state index contributed by atoms with van der Waals surface area (Å²) >= 11 is 0. The summed E-state index contributed by atoms with van der Waals surface area (Å²) in [6.07, 6.45) is 1.94. The van der Waals surface area contributed by atoms with Crippen LogP contribution in [0.15, 0.2) is 72.8 Å². The maximum absolute atomic E-state index is 12.3. The number of nitrogens with one attached hydrogen (secondary N) is 1. The van der Waals surface area contributed by atoms with Gasteiger partial charge in [-0.2, -0.15) is 0 Å². The maximum atomic E-state index is 12.3. The van der Waals surface area contributed by atoms with Gasteiger partial charge in [0.25, 0.3) is 5.91 Å². The molecule has 0 spiro atoms. The zero-order valence-corrected chi connectivity index (χ0v) is 13.4. The third-order valence-corrected chi connectivity index (χ3v) is 4.55. The lowest BCUT2D eigenvalue weighted by molar-refractivity contribution is -0.124. The number of hydrogen-bond donors (Lipinski definition) is 1. The van der Waals surface area contributed by atoms with Crippen molar-refractivity contribution in [1.29, 1.82) is 0 Å². The highest BCUT2D eigenvalue weighted by atomic mass is 16.5. The van der Waals surface area contributed by atoms with Crippen molar-refractivity contribution in [2.45, 2.75) is 18.4 Å². The summed E-state index contributed by atoms with van der Waals surface area (Å²) in [5.41, 5.74) is 0.964. The van der Waals surface area contributed by atoms with E-state index in [-0.39, 0.29) is 18.1 Å². The number of benzene rings is 3. The SMILES string of the molecule is O=C(COc1ccccc1)NC1(c2cccc3ccccc23)CC1. The molecule has 0 atom stereocenters. The molecule has 0 heterocycles. The summed E-state index contributed by atoms with van der Waals surface area (Å²) in [5, 5.41) is 5.60. The Balaban J connectivity index is 1.50.